The maximum atomic E-state index is 13.3. The first-order valence-corrected chi connectivity index (χ1v) is 8.82. The van der Waals surface area contributed by atoms with Gasteiger partial charge in [0.2, 0.25) is 5.95 Å². The van der Waals surface area contributed by atoms with E-state index in [1.807, 2.05) is 18.2 Å². The Hall–Kier alpha value is -2.99. The Bertz CT molecular complexity index is 863. The van der Waals surface area contributed by atoms with Gasteiger partial charge in [-0.25, -0.2) is 14.4 Å². The lowest BCUT2D eigenvalue weighted by Gasteiger charge is -2.21. The van der Waals surface area contributed by atoms with Crippen LogP contribution in [0.25, 0.3) is 11.1 Å². The molecule has 1 N–H and O–H groups in total. The van der Waals surface area contributed by atoms with Gasteiger partial charge >= 0.3 is 0 Å². The summed E-state index contributed by atoms with van der Waals surface area (Å²) >= 11 is 0. The van der Waals surface area contributed by atoms with E-state index < -0.39 is 0 Å². The van der Waals surface area contributed by atoms with Gasteiger partial charge in [0.05, 0.1) is 0 Å². The fraction of sp³-hybridized carbons (Fsp3) is 0.238. The second kappa shape index (κ2) is 8.60. The van der Waals surface area contributed by atoms with Gasteiger partial charge in [-0.1, -0.05) is 12.1 Å². The van der Waals surface area contributed by atoms with E-state index in [2.05, 4.69) is 58.4 Å². The van der Waals surface area contributed by atoms with Gasteiger partial charge in [-0.05, 0) is 56.1 Å². The Kier molecular flexibility index (Phi) is 5.98. The number of anilines is 3. The molecule has 0 radical (unpaired) electrons. The summed E-state index contributed by atoms with van der Waals surface area (Å²) in [7, 11) is 6.22. The molecule has 0 spiro atoms. The molecule has 0 bridgehead atoms. The average molecular weight is 365 g/mol. The first-order valence-electron chi connectivity index (χ1n) is 8.82. The molecule has 0 aliphatic heterocycles. The summed E-state index contributed by atoms with van der Waals surface area (Å²) in [5.74, 6) is 0.231. The molecule has 5 nitrogen and oxygen atoms in total. The highest BCUT2D eigenvalue weighted by Crippen LogP contribution is 2.21. The summed E-state index contributed by atoms with van der Waals surface area (Å²) in [5.41, 5.74) is 3.60. The number of benzene rings is 2. The second-order valence-corrected chi connectivity index (χ2v) is 6.70. The minimum atomic E-state index is -0.273. The minimum absolute atomic E-state index is 0.273. The minimum Gasteiger partial charge on any atom is -0.373 e. The van der Waals surface area contributed by atoms with Crippen molar-refractivity contribution in [3.63, 3.8) is 0 Å². The van der Waals surface area contributed by atoms with Crippen LogP contribution >= 0.6 is 0 Å². The Morgan fingerprint density at radius 1 is 0.889 bits per heavy atom. The zero-order valence-corrected chi connectivity index (χ0v) is 15.9. The molecule has 0 aliphatic carbocycles. The molecular weight excluding hydrogens is 341 g/mol. The van der Waals surface area contributed by atoms with E-state index >= 15 is 0 Å². The van der Waals surface area contributed by atoms with Gasteiger partial charge in [0.1, 0.15) is 5.82 Å². The van der Waals surface area contributed by atoms with Crippen LogP contribution < -0.4 is 10.2 Å². The van der Waals surface area contributed by atoms with Gasteiger partial charge in [-0.15, -0.1) is 0 Å². The maximum Gasteiger partial charge on any atom is 0.227 e. The van der Waals surface area contributed by atoms with E-state index in [9.17, 15) is 4.39 Å². The van der Waals surface area contributed by atoms with Crippen molar-refractivity contribution in [1.29, 1.82) is 0 Å². The molecule has 0 saturated carbocycles. The number of nitrogens with zero attached hydrogens (tertiary/aromatic N) is 4. The normalized spacial score (nSPS) is 10.9. The molecule has 2 aromatic carbocycles. The highest BCUT2D eigenvalue weighted by Gasteiger charge is 2.04. The van der Waals surface area contributed by atoms with Gasteiger partial charge in [0, 0.05) is 49.5 Å². The molecule has 140 valence electrons. The van der Waals surface area contributed by atoms with Crippen molar-refractivity contribution in [2.24, 2.45) is 0 Å². The van der Waals surface area contributed by atoms with Gasteiger partial charge in [-0.3, -0.25) is 0 Å². The lowest BCUT2D eigenvalue weighted by molar-refractivity contribution is 0.416. The van der Waals surface area contributed by atoms with Gasteiger partial charge in [0.15, 0.2) is 0 Å². The van der Waals surface area contributed by atoms with Crippen LogP contribution in [-0.4, -0.2) is 49.1 Å². The summed E-state index contributed by atoms with van der Waals surface area (Å²) in [6.45, 7) is 1.96. The van der Waals surface area contributed by atoms with Crippen LogP contribution in [0.15, 0.2) is 60.9 Å². The first-order chi connectivity index (χ1) is 13.0. The van der Waals surface area contributed by atoms with E-state index in [4.69, 9.17) is 0 Å². The number of halogens is 1. The fourth-order valence-electron chi connectivity index (χ4n) is 2.62. The van der Waals surface area contributed by atoms with Crippen molar-refractivity contribution in [1.82, 2.24) is 14.9 Å². The quantitative estimate of drug-likeness (QED) is 0.685. The number of hydrogen-bond donors (Lipinski definition) is 1. The third-order valence-corrected chi connectivity index (χ3v) is 4.26. The predicted octanol–water partition coefficient (Wildman–Crippen LogP) is 4.02. The third kappa shape index (κ3) is 5.24. The summed E-state index contributed by atoms with van der Waals surface area (Å²) in [6, 6.07) is 14.5. The number of aromatic nitrogens is 2. The molecule has 6 heteroatoms. The predicted molar refractivity (Wildman–Crippen MR) is 109 cm³/mol. The van der Waals surface area contributed by atoms with Crippen molar-refractivity contribution in [2.75, 3.05) is 44.4 Å². The van der Waals surface area contributed by atoms with Gasteiger partial charge < -0.3 is 15.1 Å². The van der Waals surface area contributed by atoms with Crippen LogP contribution in [0.5, 0.6) is 0 Å². The summed E-state index contributed by atoms with van der Waals surface area (Å²) < 4.78 is 13.3. The lowest BCUT2D eigenvalue weighted by atomic mass is 10.1. The molecule has 3 aromatic rings. The number of likely N-dealkylation sites (N-methyl/N-ethyl adjacent to an activating group) is 2. The van der Waals surface area contributed by atoms with E-state index in [1.165, 1.54) is 12.1 Å². The highest BCUT2D eigenvalue weighted by molar-refractivity contribution is 5.63. The Morgan fingerprint density at radius 3 is 2.22 bits per heavy atom. The summed E-state index contributed by atoms with van der Waals surface area (Å²) in [4.78, 5) is 13.0. The molecule has 0 amide bonds. The van der Waals surface area contributed by atoms with E-state index in [-0.39, 0.29) is 5.82 Å². The topological polar surface area (TPSA) is 44.3 Å². The van der Waals surface area contributed by atoms with Gasteiger partial charge in [-0.2, -0.15) is 0 Å². The number of rotatable bonds is 7. The monoisotopic (exact) mass is 365 g/mol. The molecule has 0 fully saturated rings. The lowest BCUT2D eigenvalue weighted by Crippen LogP contribution is -2.28. The first kappa shape index (κ1) is 18.8. The Labute approximate surface area is 159 Å². The zero-order chi connectivity index (χ0) is 19.2. The van der Waals surface area contributed by atoms with E-state index in [0.29, 0.717) is 5.95 Å². The molecule has 0 aliphatic rings. The van der Waals surface area contributed by atoms with Crippen molar-refractivity contribution >= 4 is 17.3 Å². The number of nitrogens with one attached hydrogen (secondary N) is 1. The summed E-state index contributed by atoms with van der Waals surface area (Å²) in [6.07, 6.45) is 3.38. The molecule has 1 heterocycles. The van der Waals surface area contributed by atoms with Crippen molar-refractivity contribution in [3.8, 4) is 11.1 Å². The molecule has 0 unspecified atom stereocenters. The van der Waals surface area contributed by atoms with Crippen molar-refractivity contribution in [2.45, 2.75) is 0 Å². The molecule has 27 heavy (non-hydrogen) atoms. The Balaban J connectivity index is 1.63. The van der Waals surface area contributed by atoms with Crippen LogP contribution in [0.3, 0.4) is 0 Å². The van der Waals surface area contributed by atoms with Crippen LogP contribution in [0, 0.1) is 5.82 Å². The van der Waals surface area contributed by atoms with Crippen molar-refractivity contribution in [3.05, 3.63) is 66.7 Å². The smallest absolute Gasteiger partial charge is 0.227 e. The molecular formula is C21H24FN5. The Morgan fingerprint density at radius 2 is 1.59 bits per heavy atom. The SMILES string of the molecule is CN(C)CCN(C)c1ccc(Nc2ncc(-c3cccc(F)c3)cn2)cc1. The van der Waals surface area contributed by atoms with Crippen LogP contribution in [0.4, 0.5) is 21.7 Å². The standard InChI is InChI=1S/C21H24FN5/c1-26(2)11-12-27(3)20-9-7-19(8-10-20)25-21-23-14-17(15-24-21)16-5-4-6-18(22)13-16/h4-10,13-15H,11-12H2,1-3H3,(H,23,24,25). The van der Waals surface area contributed by atoms with E-state index in [1.54, 1.807) is 18.5 Å². The summed E-state index contributed by atoms with van der Waals surface area (Å²) in [5, 5.41) is 3.19. The molecule has 0 atom stereocenters. The zero-order valence-electron chi connectivity index (χ0n) is 15.9. The third-order valence-electron chi connectivity index (χ3n) is 4.26. The second-order valence-electron chi connectivity index (χ2n) is 6.70. The van der Waals surface area contributed by atoms with Crippen LogP contribution in [0.1, 0.15) is 0 Å². The average Bonchev–Trinajstić information content (AvgIpc) is 2.67. The van der Waals surface area contributed by atoms with Crippen LogP contribution in [-0.2, 0) is 0 Å². The van der Waals surface area contributed by atoms with Gasteiger partial charge in [0.25, 0.3) is 0 Å². The van der Waals surface area contributed by atoms with Crippen LogP contribution in [0.2, 0.25) is 0 Å². The maximum absolute atomic E-state index is 13.3. The molecule has 1 aromatic heterocycles. The fourth-order valence-corrected chi connectivity index (χ4v) is 2.62. The molecule has 3 rings (SSSR count). The highest BCUT2D eigenvalue weighted by atomic mass is 19.1. The molecule has 0 saturated heterocycles. The van der Waals surface area contributed by atoms with Crippen molar-refractivity contribution < 1.29 is 4.39 Å². The van der Waals surface area contributed by atoms with E-state index in [0.717, 1.165) is 35.6 Å². The largest absolute Gasteiger partial charge is 0.373 e. The number of hydrogen-bond acceptors (Lipinski definition) is 5.